The molecular formula is C14H16N2O5. The lowest BCUT2D eigenvalue weighted by Crippen LogP contribution is -2.43. The molecule has 1 unspecified atom stereocenters. The lowest BCUT2D eigenvalue weighted by atomic mass is 10.2. The molecule has 1 saturated heterocycles. The molecular weight excluding hydrogens is 276 g/mol. The maximum atomic E-state index is 12.3. The molecule has 0 aromatic heterocycles. The number of carbonyl (C=O) groups is 2. The molecule has 1 fully saturated rings. The molecule has 7 nitrogen and oxygen atoms in total. The molecule has 2 aliphatic rings. The molecule has 0 spiro atoms. The monoisotopic (exact) mass is 292 g/mol. The number of rotatable bonds is 2. The van der Waals surface area contributed by atoms with E-state index in [9.17, 15) is 9.59 Å². The summed E-state index contributed by atoms with van der Waals surface area (Å²) < 4.78 is 15.2. The molecule has 2 amide bonds. The molecule has 1 aromatic rings. The van der Waals surface area contributed by atoms with Crippen LogP contribution in [0.5, 0.6) is 11.5 Å². The summed E-state index contributed by atoms with van der Waals surface area (Å²) in [6.45, 7) is 0.720. The average molecular weight is 292 g/mol. The standard InChI is InChI=1S/C14H16N2O5/c1-19-14(18)16-6-2-3-10(16)13(17)15-9-4-5-11-12(7-9)21-8-20-11/h4-5,7,10H,2-3,6,8H2,1H3,(H,15,17). The minimum absolute atomic E-state index is 0.186. The summed E-state index contributed by atoms with van der Waals surface area (Å²) >= 11 is 0. The molecule has 1 N–H and O–H groups in total. The zero-order chi connectivity index (χ0) is 14.8. The highest BCUT2D eigenvalue weighted by Crippen LogP contribution is 2.34. The predicted molar refractivity (Wildman–Crippen MR) is 73.3 cm³/mol. The Kier molecular flexibility index (Phi) is 3.55. The van der Waals surface area contributed by atoms with E-state index in [1.54, 1.807) is 18.2 Å². The number of ether oxygens (including phenoxy) is 3. The van der Waals surface area contributed by atoms with Crippen molar-refractivity contribution in [2.24, 2.45) is 0 Å². The van der Waals surface area contributed by atoms with Crippen LogP contribution in [0.4, 0.5) is 10.5 Å². The van der Waals surface area contributed by atoms with E-state index < -0.39 is 12.1 Å². The number of amides is 2. The number of nitrogens with zero attached hydrogens (tertiary/aromatic N) is 1. The van der Waals surface area contributed by atoms with Crippen molar-refractivity contribution in [3.8, 4) is 11.5 Å². The molecule has 7 heteroatoms. The van der Waals surface area contributed by atoms with Gasteiger partial charge in [0.2, 0.25) is 12.7 Å². The summed E-state index contributed by atoms with van der Waals surface area (Å²) in [5.74, 6) is 1.03. The highest BCUT2D eigenvalue weighted by Gasteiger charge is 2.34. The number of carbonyl (C=O) groups excluding carboxylic acids is 2. The smallest absolute Gasteiger partial charge is 0.410 e. The molecule has 2 heterocycles. The number of hydrogen-bond acceptors (Lipinski definition) is 5. The molecule has 1 aromatic carbocycles. The van der Waals surface area contributed by atoms with Crippen molar-refractivity contribution in [3.05, 3.63) is 18.2 Å². The maximum Gasteiger partial charge on any atom is 0.410 e. The van der Waals surface area contributed by atoms with Crippen LogP contribution >= 0.6 is 0 Å². The van der Waals surface area contributed by atoms with Gasteiger partial charge in [0.25, 0.3) is 0 Å². The van der Waals surface area contributed by atoms with Crippen molar-refractivity contribution >= 4 is 17.7 Å². The van der Waals surface area contributed by atoms with E-state index in [2.05, 4.69) is 5.32 Å². The molecule has 0 radical (unpaired) electrons. The Morgan fingerprint density at radius 2 is 2.14 bits per heavy atom. The van der Waals surface area contributed by atoms with Crippen LogP contribution in [0.15, 0.2) is 18.2 Å². The fourth-order valence-electron chi connectivity index (χ4n) is 2.57. The first-order chi connectivity index (χ1) is 10.2. The van der Waals surface area contributed by atoms with Crippen LogP contribution in [-0.4, -0.2) is 43.4 Å². The summed E-state index contributed by atoms with van der Waals surface area (Å²) in [5, 5.41) is 2.80. The van der Waals surface area contributed by atoms with Crippen LogP contribution in [0.2, 0.25) is 0 Å². The normalized spacial score (nSPS) is 19.5. The summed E-state index contributed by atoms with van der Waals surface area (Å²) in [6, 6.07) is 4.69. The largest absolute Gasteiger partial charge is 0.454 e. The molecule has 0 aliphatic carbocycles. The van der Waals surface area contributed by atoms with Crippen LogP contribution < -0.4 is 14.8 Å². The highest BCUT2D eigenvalue weighted by atomic mass is 16.7. The van der Waals surface area contributed by atoms with Crippen LogP contribution in [0.3, 0.4) is 0 Å². The molecule has 3 rings (SSSR count). The second-order valence-electron chi connectivity index (χ2n) is 4.88. The van der Waals surface area contributed by atoms with Crippen LogP contribution in [0, 0.1) is 0 Å². The molecule has 112 valence electrons. The van der Waals surface area contributed by atoms with Gasteiger partial charge in [-0.3, -0.25) is 9.69 Å². The van der Waals surface area contributed by atoms with Gasteiger partial charge in [0.05, 0.1) is 7.11 Å². The van der Waals surface area contributed by atoms with Crippen LogP contribution in [0.1, 0.15) is 12.8 Å². The van der Waals surface area contributed by atoms with E-state index in [0.717, 1.165) is 6.42 Å². The summed E-state index contributed by atoms with van der Waals surface area (Å²) in [4.78, 5) is 25.4. The third-order valence-corrected chi connectivity index (χ3v) is 3.60. The Morgan fingerprint density at radius 1 is 1.33 bits per heavy atom. The first kappa shape index (κ1) is 13.5. The van der Waals surface area contributed by atoms with Gasteiger partial charge in [0.15, 0.2) is 11.5 Å². The predicted octanol–water partition coefficient (Wildman–Crippen LogP) is 1.58. The third-order valence-electron chi connectivity index (χ3n) is 3.60. The van der Waals surface area contributed by atoms with E-state index in [1.807, 2.05) is 0 Å². The first-order valence-corrected chi connectivity index (χ1v) is 6.74. The topological polar surface area (TPSA) is 77.1 Å². The van der Waals surface area contributed by atoms with Crippen LogP contribution in [-0.2, 0) is 9.53 Å². The fourth-order valence-corrected chi connectivity index (χ4v) is 2.57. The van der Waals surface area contributed by atoms with Crippen molar-refractivity contribution in [3.63, 3.8) is 0 Å². The molecule has 1 atom stereocenters. The quantitative estimate of drug-likeness (QED) is 0.895. The van der Waals surface area contributed by atoms with Gasteiger partial charge >= 0.3 is 6.09 Å². The van der Waals surface area contributed by atoms with Crippen molar-refractivity contribution < 1.29 is 23.8 Å². The minimum atomic E-state index is -0.497. The lowest BCUT2D eigenvalue weighted by Gasteiger charge is -2.22. The Balaban J connectivity index is 1.70. The Labute approximate surface area is 121 Å². The van der Waals surface area contributed by atoms with Gasteiger partial charge < -0.3 is 19.5 Å². The Morgan fingerprint density at radius 3 is 2.95 bits per heavy atom. The molecule has 0 bridgehead atoms. The second kappa shape index (κ2) is 5.51. The maximum absolute atomic E-state index is 12.3. The first-order valence-electron chi connectivity index (χ1n) is 6.74. The van der Waals surface area contributed by atoms with Crippen molar-refractivity contribution in [1.29, 1.82) is 0 Å². The SMILES string of the molecule is COC(=O)N1CCCC1C(=O)Nc1ccc2c(c1)OCO2. The number of likely N-dealkylation sites (tertiary alicyclic amines) is 1. The number of nitrogens with one attached hydrogen (secondary N) is 1. The highest BCUT2D eigenvalue weighted by molar-refractivity contribution is 5.97. The van der Waals surface area contributed by atoms with E-state index in [0.29, 0.717) is 30.2 Å². The Bertz CT molecular complexity index is 574. The van der Waals surface area contributed by atoms with E-state index in [1.165, 1.54) is 12.0 Å². The lowest BCUT2D eigenvalue weighted by molar-refractivity contribution is -0.119. The summed E-state index contributed by atoms with van der Waals surface area (Å²) in [5.41, 5.74) is 0.612. The average Bonchev–Trinajstić information content (AvgIpc) is 3.14. The number of benzene rings is 1. The van der Waals surface area contributed by atoms with E-state index >= 15 is 0 Å². The van der Waals surface area contributed by atoms with E-state index in [4.69, 9.17) is 14.2 Å². The number of hydrogen-bond donors (Lipinski definition) is 1. The van der Waals surface area contributed by atoms with E-state index in [-0.39, 0.29) is 12.7 Å². The fraction of sp³-hybridized carbons (Fsp3) is 0.429. The number of anilines is 1. The van der Waals surface area contributed by atoms with Crippen molar-refractivity contribution in [2.75, 3.05) is 25.8 Å². The zero-order valence-electron chi connectivity index (χ0n) is 11.6. The van der Waals surface area contributed by atoms with Crippen molar-refractivity contribution in [1.82, 2.24) is 4.90 Å². The summed E-state index contributed by atoms with van der Waals surface area (Å²) in [6.07, 6.45) is 0.943. The Hall–Kier alpha value is -2.44. The van der Waals surface area contributed by atoms with Gasteiger partial charge in [-0.2, -0.15) is 0 Å². The number of fused-ring (bicyclic) bond motifs is 1. The van der Waals surface area contributed by atoms with Gasteiger partial charge in [0, 0.05) is 18.3 Å². The third kappa shape index (κ3) is 2.58. The van der Waals surface area contributed by atoms with Gasteiger partial charge in [-0.05, 0) is 25.0 Å². The van der Waals surface area contributed by atoms with Gasteiger partial charge in [0.1, 0.15) is 6.04 Å². The molecule has 0 saturated carbocycles. The molecule has 21 heavy (non-hydrogen) atoms. The second-order valence-corrected chi connectivity index (χ2v) is 4.88. The molecule has 2 aliphatic heterocycles. The summed E-state index contributed by atoms with van der Waals surface area (Å²) in [7, 11) is 1.31. The van der Waals surface area contributed by atoms with Gasteiger partial charge in [-0.15, -0.1) is 0 Å². The van der Waals surface area contributed by atoms with Gasteiger partial charge in [-0.1, -0.05) is 0 Å². The zero-order valence-corrected chi connectivity index (χ0v) is 11.6. The number of methoxy groups -OCH3 is 1. The minimum Gasteiger partial charge on any atom is -0.454 e. The van der Waals surface area contributed by atoms with Gasteiger partial charge in [-0.25, -0.2) is 4.79 Å². The van der Waals surface area contributed by atoms with Crippen LogP contribution in [0.25, 0.3) is 0 Å². The van der Waals surface area contributed by atoms with Crippen molar-refractivity contribution in [2.45, 2.75) is 18.9 Å².